The Hall–Kier alpha value is -1.10. The molecule has 1 aliphatic heterocycles. The second kappa shape index (κ2) is 5.84. The van der Waals surface area contributed by atoms with Crippen LogP contribution in [0, 0.1) is 0 Å². The van der Waals surface area contributed by atoms with E-state index >= 15 is 0 Å². The smallest absolute Gasteiger partial charge is 0.305 e. The number of likely N-dealkylation sites (N-methyl/N-ethyl adjacent to an activating group) is 1. The first-order chi connectivity index (χ1) is 7.56. The molecule has 1 aliphatic rings. The predicted octanol–water partition coefficient (Wildman–Crippen LogP) is 0.450. The maximum Gasteiger partial charge on any atom is 0.305 e. The number of carboxylic acid groups (broad SMARTS) is 1. The van der Waals surface area contributed by atoms with Gasteiger partial charge >= 0.3 is 5.97 Å². The molecular formula is C11H20N2O3. The van der Waals surface area contributed by atoms with Crippen LogP contribution in [0.1, 0.15) is 33.1 Å². The molecule has 0 aliphatic carbocycles. The van der Waals surface area contributed by atoms with Crippen molar-refractivity contribution in [3.63, 3.8) is 0 Å². The van der Waals surface area contributed by atoms with Crippen molar-refractivity contribution in [2.24, 2.45) is 0 Å². The molecule has 2 unspecified atom stereocenters. The molecule has 0 aromatic heterocycles. The second-order valence-corrected chi connectivity index (χ2v) is 4.22. The zero-order chi connectivity index (χ0) is 12.1. The Balaban J connectivity index is 2.57. The fraction of sp³-hybridized carbons (Fsp3) is 0.818. The van der Waals surface area contributed by atoms with Gasteiger partial charge in [-0.2, -0.15) is 0 Å². The highest BCUT2D eigenvalue weighted by Crippen LogP contribution is 2.12. The highest BCUT2D eigenvalue weighted by Gasteiger charge is 2.29. The molecule has 2 N–H and O–H groups in total. The molecule has 1 heterocycles. The van der Waals surface area contributed by atoms with Crippen LogP contribution < -0.4 is 5.32 Å². The lowest BCUT2D eigenvalue weighted by Gasteiger charge is -2.29. The quantitative estimate of drug-likeness (QED) is 0.717. The highest BCUT2D eigenvalue weighted by atomic mass is 16.4. The van der Waals surface area contributed by atoms with Crippen molar-refractivity contribution >= 4 is 11.9 Å². The second-order valence-electron chi connectivity index (χ2n) is 4.22. The van der Waals surface area contributed by atoms with Crippen LogP contribution in [0.4, 0.5) is 0 Å². The Morgan fingerprint density at radius 1 is 1.56 bits per heavy atom. The Morgan fingerprint density at radius 3 is 2.69 bits per heavy atom. The van der Waals surface area contributed by atoms with E-state index < -0.39 is 5.97 Å². The average molecular weight is 228 g/mol. The van der Waals surface area contributed by atoms with Gasteiger partial charge in [-0.15, -0.1) is 0 Å². The Bertz CT molecular complexity index is 262. The van der Waals surface area contributed by atoms with Crippen LogP contribution in [0.15, 0.2) is 0 Å². The summed E-state index contributed by atoms with van der Waals surface area (Å²) < 4.78 is 0. The minimum absolute atomic E-state index is 0.00625. The third kappa shape index (κ3) is 3.20. The molecule has 1 saturated heterocycles. The fourth-order valence-corrected chi connectivity index (χ4v) is 2.14. The summed E-state index contributed by atoms with van der Waals surface area (Å²) >= 11 is 0. The molecular weight excluding hydrogens is 208 g/mol. The Kier molecular flexibility index (Phi) is 4.73. The summed E-state index contributed by atoms with van der Waals surface area (Å²) in [6, 6.07) is -0.353. The van der Waals surface area contributed by atoms with E-state index in [1.165, 1.54) is 0 Å². The monoisotopic (exact) mass is 228 g/mol. The van der Waals surface area contributed by atoms with Gasteiger partial charge in [0.2, 0.25) is 5.91 Å². The Morgan fingerprint density at radius 2 is 2.25 bits per heavy atom. The average Bonchev–Trinajstić information content (AvgIpc) is 2.69. The molecule has 5 nitrogen and oxygen atoms in total. The van der Waals surface area contributed by atoms with Crippen molar-refractivity contribution in [3.8, 4) is 0 Å². The molecule has 0 aromatic carbocycles. The van der Waals surface area contributed by atoms with Gasteiger partial charge in [0.05, 0.1) is 12.5 Å². The summed E-state index contributed by atoms with van der Waals surface area (Å²) in [7, 11) is 0. The minimum Gasteiger partial charge on any atom is -0.481 e. The van der Waals surface area contributed by atoms with Gasteiger partial charge in [-0.25, -0.2) is 0 Å². The fourth-order valence-electron chi connectivity index (χ4n) is 2.14. The predicted molar refractivity (Wildman–Crippen MR) is 60.1 cm³/mol. The normalized spacial score (nSPS) is 21.8. The van der Waals surface area contributed by atoms with Crippen LogP contribution in [0.3, 0.4) is 0 Å². The number of carboxylic acids is 1. The SMILES string of the molecule is CCN(C(=O)C1CCCN1)C(C)CC(=O)O. The number of nitrogens with one attached hydrogen (secondary N) is 1. The zero-order valence-corrected chi connectivity index (χ0v) is 9.90. The van der Waals surface area contributed by atoms with Crippen molar-refractivity contribution in [3.05, 3.63) is 0 Å². The zero-order valence-electron chi connectivity index (χ0n) is 9.90. The summed E-state index contributed by atoms with van der Waals surface area (Å²) in [6.45, 7) is 5.10. The van der Waals surface area contributed by atoms with Gasteiger partial charge in [0.25, 0.3) is 0 Å². The molecule has 16 heavy (non-hydrogen) atoms. The number of aliphatic carboxylic acids is 1. The summed E-state index contributed by atoms with van der Waals surface area (Å²) in [5, 5.41) is 11.9. The number of hydrogen-bond acceptors (Lipinski definition) is 3. The van der Waals surface area contributed by atoms with Crippen LogP contribution >= 0.6 is 0 Å². The number of amides is 1. The molecule has 1 amide bonds. The third-order valence-corrected chi connectivity index (χ3v) is 2.98. The lowest BCUT2D eigenvalue weighted by atomic mass is 10.1. The first-order valence-corrected chi connectivity index (χ1v) is 5.82. The molecule has 0 spiro atoms. The van der Waals surface area contributed by atoms with E-state index in [4.69, 9.17) is 5.11 Å². The third-order valence-electron chi connectivity index (χ3n) is 2.98. The first-order valence-electron chi connectivity index (χ1n) is 5.82. The standard InChI is InChI=1S/C11H20N2O3/c1-3-13(8(2)7-10(14)15)11(16)9-5-4-6-12-9/h8-9,12H,3-7H2,1-2H3,(H,14,15). The Labute approximate surface area is 95.8 Å². The molecule has 0 aromatic rings. The van der Waals surface area contributed by atoms with E-state index in [1.54, 1.807) is 11.8 Å². The van der Waals surface area contributed by atoms with E-state index in [0.29, 0.717) is 6.54 Å². The van der Waals surface area contributed by atoms with E-state index in [9.17, 15) is 9.59 Å². The molecule has 0 saturated carbocycles. The van der Waals surface area contributed by atoms with Crippen molar-refractivity contribution < 1.29 is 14.7 Å². The maximum atomic E-state index is 12.1. The number of rotatable bonds is 5. The van der Waals surface area contributed by atoms with Gasteiger partial charge in [0, 0.05) is 12.6 Å². The lowest BCUT2D eigenvalue weighted by Crippen LogP contribution is -2.48. The molecule has 0 radical (unpaired) electrons. The topological polar surface area (TPSA) is 69.6 Å². The maximum absolute atomic E-state index is 12.1. The van der Waals surface area contributed by atoms with Crippen LogP contribution in [0.2, 0.25) is 0 Å². The molecule has 1 fully saturated rings. The summed E-state index contributed by atoms with van der Waals surface area (Å²) in [4.78, 5) is 24.3. The molecule has 5 heteroatoms. The van der Waals surface area contributed by atoms with Gasteiger partial charge in [0.15, 0.2) is 0 Å². The van der Waals surface area contributed by atoms with Gasteiger partial charge in [-0.05, 0) is 33.2 Å². The molecule has 1 rings (SSSR count). The minimum atomic E-state index is -0.863. The van der Waals surface area contributed by atoms with E-state index in [-0.39, 0.29) is 24.4 Å². The summed E-state index contributed by atoms with van der Waals surface area (Å²) in [5.74, 6) is -0.827. The van der Waals surface area contributed by atoms with Crippen molar-refractivity contribution in [2.45, 2.75) is 45.2 Å². The molecule has 2 atom stereocenters. The van der Waals surface area contributed by atoms with E-state index in [1.807, 2.05) is 6.92 Å². The van der Waals surface area contributed by atoms with E-state index in [2.05, 4.69) is 5.32 Å². The van der Waals surface area contributed by atoms with E-state index in [0.717, 1.165) is 19.4 Å². The highest BCUT2D eigenvalue weighted by molar-refractivity contribution is 5.83. The number of carbonyl (C=O) groups excluding carboxylic acids is 1. The molecule has 0 bridgehead atoms. The van der Waals surface area contributed by atoms with Crippen LogP contribution in [0.25, 0.3) is 0 Å². The largest absolute Gasteiger partial charge is 0.481 e. The van der Waals surface area contributed by atoms with Crippen molar-refractivity contribution in [1.82, 2.24) is 10.2 Å². The number of carbonyl (C=O) groups is 2. The van der Waals surface area contributed by atoms with Crippen LogP contribution in [0.5, 0.6) is 0 Å². The lowest BCUT2D eigenvalue weighted by molar-refractivity contribution is -0.141. The van der Waals surface area contributed by atoms with Gasteiger partial charge < -0.3 is 15.3 Å². The van der Waals surface area contributed by atoms with Crippen molar-refractivity contribution in [2.75, 3.05) is 13.1 Å². The molecule has 92 valence electrons. The van der Waals surface area contributed by atoms with Crippen LogP contribution in [-0.4, -0.2) is 47.1 Å². The number of nitrogens with zero attached hydrogens (tertiary/aromatic N) is 1. The van der Waals surface area contributed by atoms with Gasteiger partial charge in [-0.1, -0.05) is 0 Å². The van der Waals surface area contributed by atoms with Gasteiger partial charge in [-0.3, -0.25) is 9.59 Å². The van der Waals surface area contributed by atoms with Crippen molar-refractivity contribution in [1.29, 1.82) is 0 Å². The summed E-state index contributed by atoms with van der Waals surface area (Å²) in [5.41, 5.74) is 0. The summed E-state index contributed by atoms with van der Waals surface area (Å²) in [6.07, 6.45) is 1.88. The first kappa shape index (κ1) is 13.0. The van der Waals surface area contributed by atoms with Gasteiger partial charge in [0.1, 0.15) is 0 Å². The van der Waals surface area contributed by atoms with Crippen LogP contribution in [-0.2, 0) is 9.59 Å². The number of hydrogen-bond donors (Lipinski definition) is 2.